The van der Waals surface area contributed by atoms with Crippen molar-refractivity contribution in [1.29, 1.82) is 0 Å². The van der Waals surface area contributed by atoms with E-state index in [9.17, 15) is 4.79 Å². The van der Waals surface area contributed by atoms with Gasteiger partial charge in [-0.3, -0.25) is 9.88 Å². The number of hydrogen-bond acceptors (Lipinski definition) is 3. The first kappa shape index (κ1) is 15.0. The van der Waals surface area contributed by atoms with E-state index in [0.29, 0.717) is 13.2 Å². The van der Waals surface area contributed by atoms with Gasteiger partial charge in [0.2, 0.25) is 0 Å². The maximum absolute atomic E-state index is 12.2. The van der Waals surface area contributed by atoms with Crippen molar-refractivity contribution in [3.05, 3.63) is 59.4 Å². The van der Waals surface area contributed by atoms with Gasteiger partial charge in [0.05, 0.1) is 13.2 Å². The molecular weight excluding hydrogens is 264 g/mol. The van der Waals surface area contributed by atoms with Crippen molar-refractivity contribution < 1.29 is 9.53 Å². The molecule has 0 saturated heterocycles. The fourth-order valence-corrected chi connectivity index (χ4v) is 2.03. The van der Waals surface area contributed by atoms with E-state index in [4.69, 9.17) is 4.74 Å². The average Bonchev–Trinajstić information content (AvgIpc) is 2.49. The van der Waals surface area contributed by atoms with Crippen molar-refractivity contribution in [1.82, 2.24) is 4.98 Å². The predicted octanol–water partition coefficient (Wildman–Crippen LogP) is 3.86. The molecular formula is C17H20N2O2. The topological polar surface area (TPSA) is 42.4 Å². The molecule has 0 saturated carbocycles. The summed E-state index contributed by atoms with van der Waals surface area (Å²) in [5, 5.41) is 0. The van der Waals surface area contributed by atoms with Crippen molar-refractivity contribution in [2.75, 3.05) is 11.5 Å². The molecule has 4 heteroatoms. The SMILES string of the molecule is CCOC(=O)N(Cc1cccnc1)c1ccc(C)c(C)c1. The molecule has 1 heterocycles. The molecule has 21 heavy (non-hydrogen) atoms. The Labute approximate surface area is 125 Å². The van der Waals surface area contributed by atoms with Gasteiger partial charge in [0.15, 0.2) is 0 Å². The summed E-state index contributed by atoms with van der Waals surface area (Å²) in [4.78, 5) is 17.9. The van der Waals surface area contributed by atoms with E-state index in [1.807, 2.05) is 37.3 Å². The Morgan fingerprint density at radius 1 is 1.24 bits per heavy atom. The minimum Gasteiger partial charge on any atom is -0.449 e. The van der Waals surface area contributed by atoms with E-state index >= 15 is 0 Å². The number of hydrogen-bond donors (Lipinski definition) is 0. The second-order valence-electron chi connectivity index (χ2n) is 4.91. The standard InChI is InChI=1S/C17H20N2O2/c1-4-21-17(20)19(12-15-6-5-9-18-11-15)16-8-7-13(2)14(3)10-16/h5-11H,4,12H2,1-3H3. The van der Waals surface area contributed by atoms with Crippen molar-refractivity contribution in [2.45, 2.75) is 27.3 Å². The normalized spacial score (nSPS) is 10.2. The van der Waals surface area contributed by atoms with Crippen LogP contribution in [0.2, 0.25) is 0 Å². The zero-order valence-corrected chi connectivity index (χ0v) is 12.7. The quantitative estimate of drug-likeness (QED) is 0.856. The van der Waals surface area contributed by atoms with Gasteiger partial charge in [-0.05, 0) is 55.7 Å². The van der Waals surface area contributed by atoms with Crippen molar-refractivity contribution in [3.63, 3.8) is 0 Å². The van der Waals surface area contributed by atoms with Crippen LogP contribution in [0.4, 0.5) is 10.5 Å². The van der Waals surface area contributed by atoms with Crippen molar-refractivity contribution >= 4 is 11.8 Å². The van der Waals surface area contributed by atoms with E-state index in [0.717, 1.165) is 16.8 Å². The van der Waals surface area contributed by atoms with Gasteiger partial charge in [-0.1, -0.05) is 12.1 Å². The van der Waals surface area contributed by atoms with Gasteiger partial charge in [-0.15, -0.1) is 0 Å². The number of rotatable bonds is 4. The third-order valence-corrected chi connectivity index (χ3v) is 3.35. The third kappa shape index (κ3) is 3.81. The van der Waals surface area contributed by atoms with Crippen LogP contribution in [0.3, 0.4) is 0 Å². The number of amides is 1. The molecule has 0 spiro atoms. The molecule has 1 amide bonds. The Kier molecular flexibility index (Phi) is 4.93. The van der Waals surface area contributed by atoms with Crippen LogP contribution in [-0.2, 0) is 11.3 Å². The lowest BCUT2D eigenvalue weighted by Gasteiger charge is -2.22. The Hall–Kier alpha value is -2.36. The van der Waals surface area contributed by atoms with Crippen LogP contribution in [0.5, 0.6) is 0 Å². The molecule has 1 aromatic heterocycles. The summed E-state index contributed by atoms with van der Waals surface area (Å²) >= 11 is 0. The number of anilines is 1. The number of carbonyl (C=O) groups excluding carboxylic acids is 1. The molecule has 0 bridgehead atoms. The van der Waals surface area contributed by atoms with Gasteiger partial charge >= 0.3 is 6.09 Å². The zero-order valence-electron chi connectivity index (χ0n) is 12.7. The summed E-state index contributed by atoms with van der Waals surface area (Å²) < 4.78 is 5.17. The molecule has 0 N–H and O–H groups in total. The van der Waals surface area contributed by atoms with E-state index < -0.39 is 0 Å². The molecule has 0 aliphatic rings. The van der Waals surface area contributed by atoms with Crippen LogP contribution in [0.15, 0.2) is 42.7 Å². The number of benzene rings is 1. The van der Waals surface area contributed by atoms with Gasteiger partial charge in [-0.25, -0.2) is 4.79 Å². The molecule has 0 aliphatic heterocycles. The Bertz CT molecular complexity index is 611. The van der Waals surface area contributed by atoms with Gasteiger partial charge < -0.3 is 4.74 Å². The number of carbonyl (C=O) groups is 1. The van der Waals surface area contributed by atoms with E-state index in [1.165, 1.54) is 5.56 Å². The predicted molar refractivity (Wildman–Crippen MR) is 83.4 cm³/mol. The number of aryl methyl sites for hydroxylation is 2. The van der Waals surface area contributed by atoms with Gasteiger partial charge in [0.1, 0.15) is 0 Å². The summed E-state index contributed by atoms with van der Waals surface area (Å²) in [6, 6.07) is 9.76. The molecule has 0 fully saturated rings. The minimum absolute atomic E-state index is 0.343. The van der Waals surface area contributed by atoms with Gasteiger partial charge in [0, 0.05) is 18.1 Å². The second kappa shape index (κ2) is 6.88. The lowest BCUT2D eigenvalue weighted by atomic mass is 10.1. The maximum Gasteiger partial charge on any atom is 0.414 e. The van der Waals surface area contributed by atoms with E-state index in [-0.39, 0.29) is 6.09 Å². The highest BCUT2D eigenvalue weighted by Crippen LogP contribution is 2.21. The van der Waals surface area contributed by atoms with Crippen LogP contribution in [0, 0.1) is 13.8 Å². The molecule has 0 aliphatic carbocycles. The molecule has 110 valence electrons. The summed E-state index contributed by atoms with van der Waals surface area (Å²) in [6.45, 7) is 6.68. The van der Waals surface area contributed by atoms with Crippen LogP contribution < -0.4 is 4.90 Å². The number of ether oxygens (including phenoxy) is 1. The Morgan fingerprint density at radius 2 is 2.05 bits per heavy atom. The summed E-state index contributed by atoms with van der Waals surface area (Å²) in [6.07, 6.45) is 3.13. The second-order valence-corrected chi connectivity index (χ2v) is 4.91. The first-order chi connectivity index (χ1) is 10.1. The minimum atomic E-state index is -0.343. The lowest BCUT2D eigenvalue weighted by molar-refractivity contribution is 0.159. The van der Waals surface area contributed by atoms with Crippen molar-refractivity contribution in [2.24, 2.45) is 0 Å². The average molecular weight is 284 g/mol. The molecule has 2 aromatic rings. The fourth-order valence-electron chi connectivity index (χ4n) is 2.03. The maximum atomic E-state index is 12.2. The number of aromatic nitrogens is 1. The number of pyridine rings is 1. The molecule has 1 aromatic carbocycles. The highest BCUT2D eigenvalue weighted by atomic mass is 16.6. The first-order valence-corrected chi connectivity index (χ1v) is 7.02. The molecule has 0 unspecified atom stereocenters. The summed E-state index contributed by atoms with van der Waals surface area (Å²) in [7, 11) is 0. The Balaban J connectivity index is 2.31. The van der Waals surface area contributed by atoms with Gasteiger partial charge in [-0.2, -0.15) is 0 Å². The highest BCUT2D eigenvalue weighted by Gasteiger charge is 2.17. The smallest absolute Gasteiger partial charge is 0.414 e. The van der Waals surface area contributed by atoms with E-state index in [1.54, 1.807) is 24.2 Å². The van der Waals surface area contributed by atoms with E-state index in [2.05, 4.69) is 11.9 Å². The third-order valence-electron chi connectivity index (χ3n) is 3.35. The first-order valence-electron chi connectivity index (χ1n) is 7.02. The summed E-state index contributed by atoms with van der Waals surface area (Å²) in [5.41, 5.74) is 4.14. The Morgan fingerprint density at radius 3 is 2.67 bits per heavy atom. The molecule has 0 radical (unpaired) electrons. The summed E-state index contributed by atoms with van der Waals surface area (Å²) in [5.74, 6) is 0. The van der Waals surface area contributed by atoms with Gasteiger partial charge in [0.25, 0.3) is 0 Å². The fraction of sp³-hybridized carbons (Fsp3) is 0.294. The monoisotopic (exact) mass is 284 g/mol. The van der Waals surface area contributed by atoms with Crippen LogP contribution in [-0.4, -0.2) is 17.7 Å². The van der Waals surface area contributed by atoms with Crippen molar-refractivity contribution in [3.8, 4) is 0 Å². The van der Waals surface area contributed by atoms with Crippen LogP contribution in [0.1, 0.15) is 23.6 Å². The largest absolute Gasteiger partial charge is 0.449 e. The molecule has 2 rings (SSSR count). The number of nitrogens with zero attached hydrogens (tertiary/aromatic N) is 2. The highest BCUT2D eigenvalue weighted by molar-refractivity contribution is 5.87. The molecule has 0 atom stereocenters. The zero-order chi connectivity index (χ0) is 15.2. The lowest BCUT2D eigenvalue weighted by Crippen LogP contribution is -2.31. The molecule has 4 nitrogen and oxygen atoms in total. The van der Waals surface area contributed by atoms with Crippen LogP contribution >= 0.6 is 0 Å². The van der Waals surface area contributed by atoms with Crippen LogP contribution in [0.25, 0.3) is 0 Å².